The lowest BCUT2D eigenvalue weighted by Crippen LogP contribution is -2.38. The molecule has 0 saturated carbocycles. The van der Waals surface area contributed by atoms with E-state index in [2.05, 4.69) is 27.0 Å². The molecule has 1 aromatic heterocycles. The molecule has 0 bridgehead atoms. The van der Waals surface area contributed by atoms with Crippen LogP contribution in [0.2, 0.25) is 0 Å². The summed E-state index contributed by atoms with van der Waals surface area (Å²) in [4.78, 5) is 4.47. The van der Waals surface area contributed by atoms with Gasteiger partial charge in [0.2, 0.25) is 15.9 Å². The van der Waals surface area contributed by atoms with E-state index in [1.165, 1.54) is 4.31 Å². The van der Waals surface area contributed by atoms with Gasteiger partial charge in [-0.05, 0) is 56.4 Å². The summed E-state index contributed by atoms with van der Waals surface area (Å²) in [6.07, 6.45) is -1.82. The lowest BCUT2D eigenvalue weighted by molar-refractivity contribution is 0.116. The van der Waals surface area contributed by atoms with Crippen molar-refractivity contribution in [3.05, 3.63) is 66.1 Å². The van der Waals surface area contributed by atoms with Gasteiger partial charge in [-0.25, -0.2) is 8.42 Å². The Labute approximate surface area is 204 Å². The number of benzene rings is 2. The Kier molecular flexibility index (Phi) is 8.09. The Hall–Kier alpha value is -2.89. The fourth-order valence-corrected chi connectivity index (χ4v) is 5.48. The van der Waals surface area contributed by atoms with E-state index in [0.717, 1.165) is 38.2 Å². The molecule has 1 saturated heterocycles. The van der Waals surface area contributed by atoms with Gasteiger partial charge < -0.3 is 14.2 Å². The normalized spacial score (nSPS) is 15.9. The molecule has 188 valence electrons. The smallest absolute Gasteiger partial charge is 0.314 e. The van der Waals surface area contributed by atoms with Gasteiger partial charge in [-0.1, -0.05) is 30.3 Å². The van der Waals surface area contributed by atoms with E-state index >= 15 is 0 Å². The number of alkyl halides is 2. The number of sulfonamides is 1. The predicted octanol–water partition coefficient (Wildman–Crippen LogP) is 3.65. The molecule has 1 aliphatic rings. The summed E-state index contributed by atoms with van der Waals surface area (Å²) in [5, 5.41) is 7.00. The highest BCUT2D eigenvalue weighted by molar-refractivity contribution is 7.92. The van der Waals surface area contributed by atoms with Gasteiger partial charge in [0.1, 0.15) is 0 Å². The fourth-order valence-electron chi connectivity index (χ4n) is 3.98. The summed E-state index contributed by atoms with van der Waals surface area (Å²) in [7, 11) is -1.53. The second-order valence-electron chi connectivity index (χ2n) is 8.60. The van der Waals surface area contributed by atoms with Gasteiger partial charge in [0, 0.05) is 25.2 Å². The van der Waals surface area contributed by atoms with E-state index in [1.807, 2.05) is 18.2 Å². The number of halogens is 2. The summed E-state index contributed by atoms with van der Waals surface area (Å²) < 4.78 is 58.8. The summed E-state index contributed by atoms with van der Waals surface area (Å²) in [6.45, 7) is 4.29. The average Bonchev–Trinajstić information content (AvgIpc) is 3.26. The summed E-state index contributed by atoms with van der Waals surface area (Å²) in [6, 6.07) is 15.8. The topological polar surface area (TPSA) is 82.8 Å². The van der Waals surface area contributed by atoms with Gasteiger partial charge in [0.05, 0.1) is 18.0 Å². The van der Waals surface area contributed by atoms with Crippen molar-refractivity contribution in [1.29, 1.82) is 0 Å². The van der Waals surface area contributed by atoms with Crippen molar-refractivity contribution in [2.45, 2.75) is 19.4 Å². The zero-order valence-electron chi connectivity index (χ0n) is 19.6. The minimum absolute atomic E-state index is 0.0116. The summed E-state index contributed by atoms with van der Waals surface area (Å²) >= 11 is 0. The quantitative estimate of drug-likeness (QED) is 0.439. The summed E-state index contributed by atoms with van der Waals surface area (Å²) in [5.41, 5.74) is 1.81. The molecular formula is C24H29F2N5O3S. The maximum Gasteiger partial charge on any atom is 0.314 e. The third kappa shape index (κ3) is 6.62. The van der Waals surface area contributed by atoms with Gasteiger partial charge in [0.15, 0.2) is 0 Å². The van der Waals surface area contributed by atoms with Crippen molar-refractivity contribution in [2.24, 2.45) is 0 Å². The van der Waals surface area contributed by atoms with Crippen molar-refractivity contribution in [3.8, 4) is 11.5 Å². The Morgan fingerprint density at radius 2 is 1.74 bits per heavy atom. The van der Waals surface area contributed by atoms with Crippen molar-refractivity contribution in [1.82, 2.24) is 20.0 Å². The van der Waals surface area contributed by atoms with Crippen LogP contribution in [0, 0.1) is 0 Å². The molecule has 8 nitrogen and oxygen atoms in total. The van der Waals surface area contributed by atoms with Crippen LogP contribution in [0.4, 0.5) is 14.5 Å². The Morgan fingerprint density at radius 3 is 2.43 bits per heavy atom. The highest BCUT2D eigenvalue weighted by atomic mass is 32.2. The van der Waals surface area contributed by atoms with Gasteiger partial charge >= 0.3 is 6.43 Å². The lowest BCUT2D eigenvalue weighted by atomic mass is 10.1. The van der Waals surface area contributed by atoms with Crippen molar-refractivity contribution in [2.75, 3.05) is 49.8 Å². The molecular weight excluding hydrogens is 476 g/mol. The van der Waals surface area contributed by atoms with E-state index in [0.29, 0.717) is 17.8 Å². The van der Waals surface area contributed by atoms with Crippen molar-refractivity contribution >= 4 is 15.7 Å². The highest BCUT2D eigenvalue weighted by Crippen LogP contribution is 2.25. The van der Waals surface area contributed by atoms with Crippen LogP contribution in [0.15, 0.2) is 59.0 Å². The van der Waals surface area contributed by atoms with Crippen LogP contribution in [-0.4, -0.2) is 73.9 Å². The van der Waals surface area contributed by atoms with Gasteiger partial charge in [-0.3, -0.25) is 4.31 Å². The number of aromatic nitrogens is 2. The van der Waals surface area contributed by atoms with Crippen LogP contribution in [-0.2, 0) is 16.6 Å². The van der Waals surface area contributed by atoms with Gasteiger partial charge in [0.25, 0.3) is 5.89 Å². The molecule has 0 atom stereocenters. The molecule has 4 rings (SSSR count). The molecule has 11 heteroatoms. The number of hydrogen-bond acceptors (Lipinski definition) is 7. The second-order valence-corrected chi connectivity index (χ2v) is 10.6. The van der Waals surface area contributed by atoms with Crippen LogP contribution >= 0.6 is 0 Å². The molecule has 0 aliphatic carbocycles. The molecule has 0 N–H and O–H groups in total. The van der Waals surface area contributed by atoms with E-state index in [-0.39, 0.29) is 18.2 Å². The molecule has 1 aliphatic heterocycles. The standard InChI is InChI=1S/C24H29F2N5O3S/c1-29-12-5-13-30(15-14-29)16-17-35(32,33)31(21-6-3-2-4-7-21)18-19-8-10-20(11-9-19)23-27-28-24(34-23)22(25)26/h2-4,6-11,22H,5,12-18H2,1H3. The number of nitrogens with zero attached hydrogens (tertiary/aromatic N) is 5. The first-order chi connectivity index (χ1) is 16.8. The minimum atomic E-state index is -3.61. The summed E-state index contributed by atoms with van der Waals surface area (Å²) in [5.74, 6) is -0.730. The Balaban J connectivity index is 1.49. The second kappa shape index (κ2) is 11.2. The van der Waals surface area contributed by atoms with E-state index in [9.17, 15) is 17.2 Å². The van der Waals surface area contributed by atoms with E-state index < -0.39 is 22.3 Å². The molecule has 35 heavy (non-hydrogen) atoms. The number of rotatable bonds is 9. The van der Waals surface area contributed by atoms with E-state index in [1.54, 1.807) is 36.4 Å². The number of likely N-dealkylation sites (N-methyl/N-ethyl adjacent to an activating group) is 1. The zero-order valence-corrected chi connectivity index (χ0v) is 20.4. The van der Waals surface area contributed by atoms with Crippen molar-refractivity contribution < 1.29 is 21.6 Å². The molecule has 2 aromatic carbocycles. The average molecular weight is 506 g/mol. The number of hydrogen-bond donors (Lipinski definition) is 0. The van der Waals surface area contributed by atoms with E-state index in [4.69, 9.17) is 4.42 Å². The largest absolute Gasteiger partial charge is 0.415 e. The lowest BCUT2D eigenvalue weighted by Gasteiger charge is -2.27. The van der Waals surface area contributed by atoms with Crippen LogP contribution in [0.1, 0.15) is 24.3 Å². The first kappa shape index (κ1) is 25.2. The SMILES string of the molecule is CN1CCCN(CCS(=O)(=O)N(Cc2ccc(-c3nnc(C(F)F)o3)cc2)c2ccccc2)CC1. The molecule has 0 radical (unpaired) electrons. The maximum absolute atomic E-state index is 13.5. The first-order valence-electron chi connectivity index (χ1n) is 11.5. The molecule has 1 fully saturated rings. The third-order valence-corrected chi connectivity index (χ3v) is 7.72. The first-order valence-corrected chi connectivity index (χ1v) is 13.1. The van der Waals surface area contributed by atoms with Gasteiger partial charge in [-0.2, -0.15) is 8.78 Å². The Morgan fingerprint density at radius 1 is 1.00 bits per heavy atom. The molecule has 2 heterocycles. The van der Waals surface area contributed by atoms with Crippen LogP contribution < -0.4 is 4.31 Å². The van der Waals surface area contributed by atoms with Crippen LogP contribution in [0.25, 0.3) is 11.5 Å². The highest BCUT2D eigenvalue weighted by Gasteiger charge is 2.25. The number of para-hydroxylation sites is 1. The third-order valence-electron chi connectivity index (χ3n) is 6.01. The monoisotopic (exact) mass is 505 g/mol. The van der Waals surface area contributed by atoms with Crippen LogP contribution in [0.5, 0.6) is 0 Å². The predicted molar refractivity (Wildman–Crippen MR) is 130 cm³/mol. The molecule has 0 unspecified atom stereocenters. The van der Waals surface area contributed by atoms with Crippen LogP contribution in [0.3, 0.4) is 0 Å². The fraction of sp³-hybridized carbons (Fsp3) is 0.417. The van der Waals surface area contributed by atoms with Crippen molar-refractivity contribution in [3.63, 3.8) is 0 Å². The minimum Gasteiger partial charge on any atom is -0.415 e. The maximum atomic E-state index is 13.5. The van der Waals surface area contributed by atoms with Gasteiger partial charge in [-0.15, -0.1) is 10.2 Å². The number of anilines is 1. The Bertz CT molecular complexity index is 1190. The molecule has 0 amide bonds. The zero-order chi connectivity index (χ0) is 24.8. The molecule has 0 spiro atoms. The molecule has 3 aromatic rings.